The average molecular weight is 436 g/mol. The number of nitrogens with zero attached hydrogens (tertiary/aromatic N) is 6. The number of hydrogen-bond acceptors (Lipinski definition) is 7. The molecular formula is C22H25N7OS. The second-order valence-electron chi connectivity index (χ2n) is 8.48. The van der Waals surface area contributed by atoms with E-state index >= 15 is 0 Å². The number of imidazole rings is 1. The molecule has 1 saturated carbocycles. The van der Waals surface area contributed by atoms with Gasteiger partial charge in [-0.2, -0.15) is 5.10 Å². The van der Waals surface area contributed by atoms with Gasteiger partial charge in [-0.25, -0.2) is 15.0 Å². The van der Waals surface area contributed by atoms with Crippen LogP contribution in [0.4, 0.5) is 5.82 Å². The molecule has 0 bridgehead atoms. The summed E-state index contributed by atoms with van der Waals surface area (Å²) in [5.41, 5.74) is 2.07. The standard InChI is InChI=1S/C22H25N7OS/c1-12(2)29-7-5-16(27-29)18-13(3)17-19(24-15-9-14(10-15)11-30)25-20(26-22(17)31-18)21-23-6-8-28(21)4/h5-8,11-12,14-15H,9-10H2,1-4H3,(H,24,25,26). The fraction of sp³-hybridized carbons (Fsp3) is 0.409. The number of aldehydes is 1. The minimum absolute atomic E-state index is 0.142. The topological polar surface area (TPSA) is 90.5 Å². The number of hydrogen-bond donors (Lipinski definition) is 1. The Morgan fingerprint density at radius 3 is 2.71 bits per heavy atom. The van der Waals surface area contributed by atoms with Crippen LogP contribution in [0.15, 0.2) is 24.7 Å². The van der Waals surface area contributed by atoms with Gasteiger partial charge in [-0.3, -0.25) is 4.68 Å². The van der Waals surface area contributed by atoms with Crippen molar-refractivity contribution < 1.29 is 4.79 Å². The summed E-state index contributed by atoms with van der Waals surface area (Å²) in [6.07, 6.45) is 8.37. The van der Waals surface area contributed by atoms with Gasteiger partial charge in [0.05, 0.1) is 10.3 Å². The fourth-order valence-electron chi connectivity index (χ4n) is 4.00. The van der Waals surface area contributed by atoms with E-state index in [2.05, 4.69) is 37.1 Å². The predicted molar refractivity (Wildman–Crippen MR) is 122 cm³/mol. The first-order valence-corrected chi connectivity index (χ1v) is 11.3. The zero-order valence-electron chi connectivity index (χ0n) is 18.0. The van der Waals surface area contributed by atoms with Gasteiger partial charge in [0.15, 0.2) is 11.6 Å². The Morgan fingerprint density at radius 1 is 1.26 bits per heavy atom. The van der Waals surface area contributed by atoms with Gasteiger partial charge in [-0.15, -0.1) is 11.3 Å². The second-order valence-corrected chi connectivity index (χ2v) is 9.48. The van der Waals surface area contributed by atoms with E-state index in [1.807, 2.05) is 28.7 Å². The Morgan fingerprint density at radius 2 is 2.06 bits per heavy atom. The molecule has 4 heterocycles. The number of thiophene rings is 1. The molecule has 9 heteroatoms. The SMILES string of the molecule is Cc1c(-c2ccn(C(C)C)n2)sc2nc(-c3nccn3C)nc(NC3CC(C=O)C3)c12. The molecule has 0 atom stereocenters. The minimum Gasteiger partial charge on any atom is -0.367 e. The van der Waals surface area contributed by atoms with Gasteiger partial charge in [0.1, 0.15) is 22.6 Å². The second kappa shape index (κ2) is 7.56. The summed E-state index contributed by atoms with van der Waals surface area (Å²) in [7, 11) is 1.94. The van der Waals surface area contributed by atoms with Gasteiger partial charge in [0.2, 0.25) is 0 Å². The molecule has 160 valence electrons. The van der Waals surface area contributed by atoms with Crippen molar-refractivity contribution in [2.45, 2.75) is 45.7 Å². The van der Waals surface area contributed by atoms with E-state index in [0.717, 1.165) is 57.1 Å². The molecule has 5 rings (SSSR count). The number of aromatic nitrogens is 6. The van der Waals surface area contributed by atoms with E-state index in [0.29, 0.717) is 11.9 Å². The maximum absolute atomic E-state index is 11.0. The summed E-state index contributed by atoms with van der Waals surface area (Å²) in [5.74, 6) is 2.26. The number of fused-ring (bicyclic) bond motifs is 1. The lowest BCUT2D eigenvalue weighted by Gasteiger charge is -2.32. The summed E-state index contributed by atoms with van der Waals surface area (Å²) >= 11 is 1.63. The Hall–Kier alpha value is -3.07. The van der Waals surface area contributed by atoms with Crippen LogP contribution in [-0.2, 0) is 11.8 Å². The van der Waals surface area contributed by atoms with E-state index in [1.54, 1.807) is 17.5 Å². The Bertz CT molecular complexity index is 1260. The Labute approximate surface area is 184 Å². The van der Waals surface area contributed by atoms with Gasteiger partial charge >= 0.3 is 0 Å². The van der Waals surface area contributed by atoms with Gasteiger partial charge in [0, 0.05) is 43.6 Å². The van der Waals surface area contributed by atoms with Crippen molar-refractivity contribution in [1.82, 2.24) is 29.3 Å². The number of nitrogens with one attached hydrogen (secondary N) is 1. The first kappa shape index (κ1) is 19.9. The van der Waals surface area contributed by atoms with Crippen LogP contribution in [0, 0.1) is 12.8 Å². The Balaban J connectivity index is 1.63. The lowest BCUT2D eigenvalue weighted by molar-refractivity contribution is -0.113. The number of carbonyl (C=O) groups is 1. The van der Waals surface area contributed by atoms with Crippen molar-refractivity contribution in [2.24, 2.45) is 13.0 Å². The highest BCUT2D eigenvalue weighted by atomic mass is 32.1. The third-order valence-corrected chi connectivity index (χ3v) is 7.10. The van der Waals surface area contributed by atoms with Crippen molar-refractivity contribution in [1.29, 1.82) is 0 Å². The smallest absolute Gasteiger partial charge is 0.199 e. The summed E-state index contributed by atoms with van der Waals surface area (Å²) in [5, 5.41) is 9.36. The molecule has 0 aromatic carbocycles. The van der Waals surface area contributed by atoms with Gasteiger partial charge in [0.25, 0.3) is 0 Å². The zero-order valence-corrected chi connectivity index (χ0v) is 18.8. The number of carbonyl (C=O) groups excluding carboxylic acids is 1. The third-order valence-electron chi connectivity index (χ3n) is 5.89. The lowest BCUT2D eigenvalue weighted by Crippen LogP contribution is -2.36. The zero-order chi connectivity index (χ0) is 21.7. The minimum atomic E-state index is 0.142. The molecule has 0 aliphatic heterocycles. The largest absolute Gasteiger partial charge is 0.367 e. The molecule has 31 heavy (non-hydrogen) atoms. The van der Waals surface area contributed by atoms with E-state index in [9.17, 15) is 4.79 Å². The molecule has 1 aliphatic carbocycles. The van der Waals surface area contributed by atoms with Crippen LogP contribution in [-0.4, -0.2) is 41.6 Å². The molecule has 0 amide bonds. The van der Waals surface area contributed by atoms with Crippen LogP contribution in [0.2, 0.25) is 0 Å². The highest BCUT2D eigenvalue weighted by Crippen LogP contribution is 2.41. The molecule has 0 saturated heterocycles. The van der Waals surface area contributed by atoms with Crippen molar-refractivity contribution >= 4 is 33.7 Å². The van der Waals surface area contributed by atoms with Crippen LogP contribution in [0.5, 0.6) is 0 Å². The molecule has 8 nitrogen and oxygen atoms in total. The van der Waals surface area contributed by atoms with Crippen molar-refractivity contribution in [3.8, 4) is 22.2 Å². The quantitative estimate of drug-likeness (QED) is 0.456. The van der Waals surface area contributed by atoms with Gasteiger partial charge in [-0.05, 0) is 45.2 Å². The van der Waals surface area contributed by atoms with Crippen LogP contribution >= 0.6 is 11.3 Å². The first-order chi connectivity index (χ1) is 14.9. The molecule has 4 aromatic rings. The van der Waals surface area contributed by atoms with E-state index < -0.39 is 0 Å². The third kappa shape index (κ3) is 3.42. The molecule has 0 radical (unpaired) electrons. The van der Waals surface area contributed by atoms with Crippen LogP contribution in [0.3, 0.4) is 0 Å². The Kier molecular flexibility index (Phi) is 4.85. The van der Waals surface area contributed by atoms with E-state index in [-0.39, 0.29) is 12.0 Å². The molecule has 4 aromatic heterocycles. The highest BCUT2D eigenvalue weighted by molar-refractivity contribution is 7.22. The molecule has 1 N–H and O–H groups in total. The first-order valence-electron chi connectivity index (χ1n) is 10.5. The van der Waals surface area contributed by atoms with Crippen molar-refractivity contribution in [3.63, 3.8) is 0 Å². The van der Waals surface area contributed by atoms with Crippen LogP contribution in [0.25, 0.3) is 32.4 Å². The number of aryl methyl sites for hydroxylation is 2. The monoisotopic (exact) mass is 435 g/mol. The van der Waals surface area contributed by atoms with E-state index in [1.165, 1.54) is 0 Å². The summed E-state index contributed by atoms with van der Waals surface area (Å²) in [6.45, 7) is 6.34. The molecular weight excluding hydrogens is 410 g/mol. The summed E-state index contributed by atoms with van der Waals surface area (Å²) in [4.78, 5) is 27.2. The molecule has 0 unspecified atom stereocenters. The molecule has 1 aliphatic rings. The predicted octanol–water partition coefficient (Wildman–Crippen LogP) is 4.23. The summed E-state index contributed by atoms with van der Waals surface area (Å²) in [6, 6.07) is 2.60. The number of rotatable bonds is 6. The fourth-order valence-corrected chi connectivity index (χ4v) is 5.15. The van der Waals surface area contributed by atoms with Gasteiger partial charge < -0.3 is 14.7 Å². The van der Waals surface area contributed by atoms with Gasteiger partial charge in [-0.1, -0.05) is 0 Å². The van der Waals surface area contributed by atoms with Crippen molar-refractivity contribution in [2.75, 3.05) is 5.32 Å². The maximum Gasteiger partial charge on any atom is 0.199 e. The molecule has 1 fully saturated rings. The number of anilines is 1. The maximum atomic E-state index is 11.0. The summed E-state index contributed by atoms with van der Waals surface area (Å²) < 4.78 is 3.89. The molecule has 0 spiro atoms. The lowest BCUT2D eigenvalue weighted by atomic mass is 9.81. The average Bonchev–Trinajstić information content (AvgIpc) is 3.43. The van der Waals surface area contributed by atoms with Crippen LogP contribution < -0.4 is 5.32 Å². The highest BCUT2D eigenvalue weighted by Gasteiger charge is 2.30. The van der Waals surface area contributed by atoms with Crippen molar-refractivity contribution in [3.05, 3.63) is 30.2 Å². The normalized spacial score (nSPS) is 18.5. The van der Waals surface area contributed by atoms with Crippen LogP contribution in [0.1, 0.15) is 38.3 Å². The van der Waals surface area contributed by atoms with E-state index in [4.69, 9.17) is 15.1 Å².